The largest absolute Gasteiger partial charge is 0.422 e. The fourth-order valence-electron chi connectivity index (χ4n) is 3.82. The van der Waals surface area contributed by atoms with Crippen LogP contribution in [0.25, 0.3) is 0 Å². The van der Waals surface area contributed by atoms with E-state index in [1.807, 2.05) is 0 Å². The van der Waals surface area contributed by atoms with Crippen LogP contribution in [0, 0.1) is 0 Å². The summed E-state index contributed by atoms with van der Waals surface area (Å²) in [6.07, 6.45) is 0.431. The monoisotopic (exact) mass is 429 g/mol. The molecule has 2 atom stereocenters. The number of likely N-dealkylation sites (N-methyl/N-ethyl adjacent to an activating group) is 1. The third kappa shape index (κ3) is 4.33. The first-order chi connectivity index (χ1) is 14.4. The second kappa shape index (κ2) is 9.30. The molecular weight excluding hydrogens is 406 g/mol. The van der Waals surface area contributed by atoms with Crippen molar-refractivity contribution < 1.29 is 23.9 Å². The van der Waals surface area contributed by atoms with E-state index in [4.69, 9.17) is 21.1 Å². The van der Waals surface area contributed by atoms with Crippen LogP contribution in [-0.2, 0) is 19.8 Å². The first-order valence-corrected chi connectivity index (χ1v) is 10.2. The molecule has 30 heavy (non-hydrogen) atoms. The highest BCUT2D eigenvalue weighted by Crippen LogP contribution is 2.42. The summed E-state index contributed by atoms with van der Waals surface area (Å²) < 4.78 is 10.6. The number of amides is 1. The van der Waals surface area contributed by atoms with Crippen LogP contribution in [0.3, 0.4) is 0 Å². The van der Waals surface area contributed by atoms with Gasteiger partial charge in [0.15, 0.2) is 5.78 Å². The van der Waals surface area contributed by atoms with Gasteiger partial charge in [0.2, 0.25) is 6.29 Å². The number of Topliss-reactive ketones (excluding diaryl/α,β-unsaturated/α-hetero) is 1. The van der Waals surface area contributed by atoms with Gasteiger partial charge in [0.05, 0.1) is 5.56 Å². The Labute approximate surface area is 180 Å². The number of nitrogens with zero attached hydrogens (tertiary/aromatic N) is 1. The Morgan fingerprint density at radius 3 is 2.37 bits per heavy atom. The molecule has 2 aromatic carbocycles. The maximum absolute atomic E-state index is 13.1. The van der Waals surface area contributed by atoms with Gasteiger partial charge in [-0.2, -0.15) is 0 Å². The van der Waals surface area contributed by atoms with Crippen molar-refractivity contribution in [2.45, 2.75) is 44.4 Å². The number of rotatable bonds is 5. The van der Waals surface area contributed by atoms with Crippen LogP contribution < -0.4 is 0 Å². The van der Waals surface area contributed by atoms with Crippen molar-refractivity contribution in [3.05, 3.63) is 70.7 Å². The molecule has 0 heterocycles. The van der Waals surface area contributed by atoms with Crippen LogP contribution in [-0.4, -0.2) is 36.1 Å². The standard InChI is InChI=1S/C23H24ClNO5/c1-16(29-21(27)17-10-4-3-5-11-17)30-22(28)25(2)23(15-9-8-14-20(23)26)18-12-6-7-13-19(18)24/h3-7,10-13,16H,8-9,14-15H2,1-2H3/t16?,23-/m0/s1. The van der Waals surface area contributed by atoms with E-state index in [-0.39, 0.29) is 5.78 Å². The maximum atomic E-state index is 13.1. The molecule has 0 saturated heterocycles. The Kier molecular flexibility index (Phi) is 6.77. The van der Waals surface area contributed by atoms with E-state index in [0.717, 1.165) is 12.8 Å². The third-order valence-corrected chi connectivity index (χ3v) is 5.70. The molecule has 1 aliphatic carbocycles. The fraction of sp³-hybridized carbons (Fsp3) is 0.348. The van der Waals surface area contributed by atoms with Gasteiger partial charge in [0.25, 0.3) is 0 Å². The topological polar surface area (TPSA) is 72.9 Å². The molecule has 1 fully saturated rings. The minimum atomic E-state index is -1.21. The van der Waals surface area contributed by atoms with Gasteiger partial charge in [0, 0.05) is 31.0 Å². The van der Waals surface area contributed by atoms with E-state index in [1.54, 1.807) is 54.6 Å². The van der Waals surface area contributed by atoms with Gasteiger partial charge in [-0.25, -0.2) is 9.59 Å². The average Bonchev–Trinajstić information content (AvgIpc) is 2.74. The summed E-state index contributed by atoms with van der Waals surface area (Å²) in [5.74, 6) is -0.691. The smallest absolute Gasteiger partial charge is 0.413 e. The molecule has 0 N–H and O–H groups in total. The Balaban J connectivity index is 1.79. The second-order valence-electron chi connectivity index (χ2n) is 7.25. The lowest BCUT2D eigenvalue weighted by molar-refractivity contribution is -0.135. The zero-order valence-corrected chi connectivity index (χ0v) is 17.7. The molecule has 0 bridgehead atoms. The van der Waals surface area contributed by atoms with Crippen molar-refractivity contribution in [3.8, 4) is 0 Å². The van der Waals surface area contributed by atoms with Crippen LogP contribution in [0.1, 0.15) is 48.5 Å². The molecule has 6 nitrogen and oxygen atoms in total. The lowest BCUT2D eigenvalue weighted by atomic mass is 9.74. The number of carbonyl (C=O) groups excluding carboxylic acids is 3. The third-order valence-electron chi connectivity index (χ3n) is 5.37. The molecule has 7 heteroatoms. The van der Waals surface area contributed by atoms with Crippen LogP contribution in [0.5, 0.6) is 0 Å². The number of benzene rings is 2. The molecule has 3 rings (SSSR count). The average molecular weight is 430 g/mol. The van der Waals surface area contributed by atoms with Gasteiger partial charge < -0.3 is 9.47 Å². The number of ketones is 1. The van der Waals surface area contributed by atoms with Crippen LogP contribution >= 0.6 is 11.6 Å². The van der Waals surface area contributed by atoms with Gasteiger partial charge >= 0.3 is 12.1 Å². The van der Waals surface area contributed by atoms with E-state index >= 15 is 0 Å². The lowest BCUT2D eigenvalue weighted by Crippen LogP contribution is -2.54. The quantitative estimate of drug-likeness (QED) is 0.496. The van der Waals surface area contributed by atoms with Gasteiger partial charge in [-0.05, 0) is 37.5 Å². The van der Waals surface area contributed by atoms with E-state index < -0.39 is 23.9 Å². The Hall–Kier alpha value is -2.86. The molecular formula is C23H24ClNO5. The van der Waals surface area contributed by atoms with E-state index in [9.17, 15) is 14.4 Å². The maximum Gasteiger partial charge on any atom is 0.413 e. The second-order valence-corrected chi connectivity index (χ2v) is 7.66. The number of halogens is 1. The minimum absolute atomic E-state index is 0.0877. The summed E-state index contributed by atoms with van der Waals surface area (Å²) in [6, 6.07) is 15.4. The normalized spacial score (nSPS) is 19.6. The number of hydrogen-bond acceptors (Lipinski definition) is 5. The number of hydrogen-bond donors (Lipinski definition) is 0. The number of esters is 1. The summed E-state index contributed by atoms with van der Waals surface area (Å²) in [7, 11) is 1.51. The van der Waals surface area contributed by atoms with Crippen molar-refractivity contribution >= 4 is 29.4 Å². The Bertz CT molecular complexity index is 932. The SMILES string of the molecule is CC(OC(=O)c1ccccc1)OC(=O)N(C)[C@]1(c2ccccc2Cl)CCCCC1=O. The molecule has 0 spiro atoms. The zero-order valence-electron chi connectivity index (χ0n) is 17.0. The molecule has 0 radical (unpaired) electrons. The van der Waals surface area contributed by atoms with E-state index in [2.05, 4.69) is 0 Å². The molecule has 158 valence electrons. The van der Waals surface area contributed by atoms with Crippen molar-refractivity contribution in [3.63, 3.8) is 0 Å². The summed E-state index contributed by atoms with van der Waals surface area (Å²) >= 11 is 6.40. The summed E-state index contributed by atoms with van der Waals surface area (Å²) in [5, 5.41) is 0.413. The summed E-state index contributed by atoms with van der Waals surface area (Å²) in [4.78, 5) is 39.5. The van der Waals surface area contributed by atoms with Gasteiger partial charge in [-0.1, -0.05) is 48.0 Å². The molecule has 2 aromatic rings. The van der Waals surface area contributed by atoms with Crippen molar-refractivity contribution in [2.75, 3.05) is 7.05 Å². The summed E-state index contributed by atoms with van der Waals surface area (Å²) in [5.41, 5.74) is -0.287. The van der Waals surface area contributed by atoms with E-state index in [1.165, 1.54) is 18.9 Å². The molecule has 1 aliphatic rings. The number of ether oxygens (including phenoxy) is 2. The van der Waals surface area contributed by atoms with Crippen molar-refractivity contribution in [1.82, 2.24) is 4.90 Å². The van der Waals surface area contributed by atoms with Crippen LogP contribution in [0.15, 0.2) is 54.6 Å². The predicted molar refractivity (Wildman–Crippen MR) is 112 cm³/mol. The highest BCUT2D eigenvalue weighted by molar-refractivity contribution is 6.31. The van der Waals surface area contributed by atoms with E-state index in [0.29, 0.717) is 29.0 Å². The van der Waals surface area contributed by atoms with Gasteiger partial charge in [0.1, 0.15) is 5.54 Å². The molecule has 0 aromatic heterocycles. The molecule has 1 amide bonds. The van der Waals surface area contributed by atoms with Crippen LogP contribution in [0.2, 0.25) is 5.02 Å². The fourth-order valence-corrected chi connectivity index (χ4v) is 4.12. The van der Waals surface area contributed by atoms with Crippen molar-refractivity contribution in [1.29, 1.82) is 0 Å². The Morgan fingerprint density at radius 1 is 1.03 bits per heavy atom. The van der Waals surface area contributed by atoms with Gasteiger partial charge in [-0.15, -0.1) is 0 Å². The molecule has 1 saturated carbocycles. The highest BCUT2D eigenvalue weighted by Gasteiger charge is 2.48. The first kappa shape index (κ1) is 21.8. The van der Waals surface area contributed by atoms with Crippen molar-refractivity contribution in [2.24, 2.45) is 0 Å². The number of carbonyl (C=O) groups is 3. The lowest BCUT2D eigenvalue weighted by Gasteiger charge is -2.43. The van der Waals surface area contributed by atoms with Crippen LogP contribution in [0.4, 0.5) is 4.79 Å². The zero-order chi connectivity index (χ0) is 21.7. The highest BCUT2D eigenvalue weighted by atomic mass is 35.5. The Morgan fingerprint density at radius 2 is 1.70 bits per heavy atom. The van der Waals surface area contributed by atoms with Gasteiger partial charge in [-0.3, -0.25) is 9.69 Å². The predicted octanol–water partition coefficient (Wildman–Crippen LogP) is 4.95. The molecule has 1 unspecified atom stereocenters. The molecule has 0 aliphatic heterocycles. The minimum Gasteiger partial charge on any atom is -0.422 e. The first-order valence-electron chi connectivity index (χ1n) is 9.85. The summed E-state index contributed by atoms with van der Waals surface area (Å²) in [6.45, 7) is 1.46.